The summed E-state index contributed by atoms with van der Waals surface area (Å²) in [7, 11) is 0. The van der Waals surface area contributed by atoms with Gasteiger partial charge in [-0.05, 0) is 85.3 Å². The SMILES string of the molecule is CCCC1C=CC(CCc2ccc(-c3ccc(-c4ccc(OCC)c(F)c4F)cc3)cc2)CC1. The molecule has 1 nitrogen and oxygen atoms in total. The Labute approximate surface area is 202 Å². The van der Waals surface area contributed by atoms with Crippen molar-refractivity contribution in [3.8, 4) is 28.0 Å². The molecule has 2 unspecified atom stereocenters. The maximum Gasteiger partial charge on any atom is 0.201 e. The van der Waals surface area contributed by atoms with E-state index in [0.717, 1.165) is 23.5 Å². The van der Waals surface area contributed by atoms with Gasteiger partial charge in [0.1, 0.15) is 0 Å². The summed E-state index contributed by atoms with van der Waals surface area (Å²) < 4.78 is 33.9. The topological polar surface area (TPSA) is 9.23 Å². The van der Waals surface area contributed by atoms with Gasteiger partial charge in [0.05, 0.1) is 6.61 Å². The molecule has 4 rings (SSSR count). The average molecular weight is 461 g/mol. The lowest BCUT2D eigenvalue weighted by molar-refractivity contribution is 0.314. The van der Waals surface area contributed by atoms with E-state index in [1.165, 1.54) is 43.7 Å². The van der Waals surface area contributed by atoms with Gasteiger partial charge in [0, 0.05) is 5.56 Å². The Morgan fingerprint density at radius 3 is 1.88 bits per heavy atom. The third-order valence-electron chi connectivity index (χ3n) is 6.86. The first-order valence-electron chi connectivity index (χ1n) is 12.6. The monoisotopic (exact) mass is 460 g/mol. The summed E-state index contributed by atoms with van der Waals surface area (Å²) in [5, 5.41) is 0. The quantitative estimate of drug-likeness (QED) is 0.289. The summed E-state index contributed by atoms with van der Waals surface area (Å²) in [6, 6.07) is 19.3. The molecule has 0 saturated carbocycles. The molecule has 0 spiro atoms. The van der Waals surface area contributed by atoms with Crippen molar-refractivity contribution in [1.82, 2.24) is 0 Å². The third kappa shape index (κ3) is 5.75. The van der Waals surface area contributed by atoms with E-state index in [1.54, 1.807) is 13.0 Å². The van der Waals surface area contributed by atoms with Crippen LogP contribution in [-0.4, -0.2) is 6.61 Å². The average Bonchev–Trinajstić information content (AvgIpc) is 2.87. The molecule has 3 aromatic rings. The zero-order valence-electron chi connectivity index (χ0n) is 20.2. The number of hydrogen-bond acceptors (Lipinski definition) is 1. The van der Waals surface area contributed by atoms with Crippen LogP contribution in [0.3, 0.4) is 0 Å². The highest BCUT2D eigenvalue weighted by Gasteiger charge is 2.16. The van der Waals surface area contributed by atoms with Crippen LogP contribution in [0.25, 0.3) is 22.3 Å². The van der Waals surface area contributed by atoms with Crippen molar-refractivity contribution >= 4 is 0 Å². The van der Waals surface area contributed by atoms with Gasteiger partial charge in [-0.1, -0.05) is 74.0 Å². The van der Waals surface area contributed by atoms with Crippen LogP contribution < -0.4 is 4.74 Å². The van der Waals surface area contributed by atoms with Crippen molar-refractivity contribution < 1.29 is 13.5 Å². The summed E-state index contributed by atoms with van der Waals surface area (Å²) in [6.45, 7) is 4.30. The molecule has 34 heavy (non-hydrogen) atoms. The van der Waals surface area contributed by atoms with E-state index in [9.17, 15) is 8.78 Å². The zero-order chi connectivity index (χ0) is 23.9. The molecular formula is C31H34F2O. The van der Waals surface area contributed by atoms with Crippen LogP contribution >= 0.6 is 0 Å². The van der Waals surface area contributed by atoms with Gasteiger partial charge in [-0.3, -0.25) is 0 Å². The van der Waals surface area contributed by atoms with Crippen LogP contribution in [-0.2, 0) is 6.42 Å². The van der Waals surface area contributed by atoms with E-state index < -0.39 is 11.6 Å². The van der Waals surface area contributed by atoms with Crippen molar-refractivity contribution in [2.45, 2.75) is 52.4 Å². The Kier molecular flexibility index (Phi) is 8.16. The van der Waals surface area contributed by atoms with Crippen LogP contribution in [0.15, 0.2) is 72.8 Å². The van der Waals surface area contributed by atoms with Crippen LogP contribution in [0.1, 0.15) is 51.5 Å². The maximum absolute atomic E-state index is 14.5. The van der Waals surface area contributed by atoms with E-state index in [4.69, 9.17) is 4.74 Å². The predicted octanol–water partition coefficient (Wildman–Crippen LogP) is 9.01. The third-order valence-corrected chi connectivity index (χ3v) is 6.86. The normalized spacial score (nSPS) is 17.6. The Morgan fingerprint density at radius 2 is 1.29 bits per heavy atom. The molecule has 0 amide bonds. The zero-order valence-corrected chi connectivity index (χ0v) is 20.2. The van der Waals surface area contributed by atoms with Gasteiger partial charge < -0.3 is 4.74 Å². The van der Waals surface area contributed by atoms with Gasteiger partial charge in [-0.25, -0.2) is 4.39 Å². The predicted molar refractivity (Wildman–Crippen MR) is 137 cm³/mol. The number of hydrogen-bond donors (Lipinski definition) is 0. The van der Waals surface area contributed by atoms with Gasteiger partial charge in [0.25, 0.3) is 0 Å². The summed E-state index contributed by atoms with van der Waals surface area (Å²) in [6.07, 6.45) is 12.4. The fourth-order valence-electron chi connectivity index (χ4n) is 4.87. The second-order valence-corrected chi connectivity index (χ2v) is 9.26. The molecule has 0 aliphatic heterocycles. The second kappa shape index (κ2) is 11.5. The molecule has 0 fully saturated rings. The van der Waals surface area contributed by atoms with Crippen LogP contribution in [0.5, 0.6) is 5.75 Å². The number of halogens is 2. The van der Waals surface area contributed by atoms with E-state index >= 15 is 0 Å². The van der Waals surface area contributed by atoms with Crippen molar-refractivity contribution in [3.63, 3.8) is 0 Å². The first-order chi connectivity index (χ1) is 16.6. The Bertz CT molecular complexity index is 1100. The van der Waals surface area contributed by atoms with Gasteiger partial charge in [0.2, 0.25) is 5.82 Å². The highest BCUT2D eigenvalue weighted by Crippen LogP contribution is 2.32. The first-order valence-corrected chi connectivity index (χ1v) is 12.6. The number of benzene rings is 3. The Hall–Kier alpha value is -2.94. The second-order valence-electron chi connectivity index (χ2n) is 9.26. The van der Waals surface area contributed by atoms with E-state index in [-0.39, 0.29) is 11.3 Å². The molecule has 0 bridgehead atoms. The molecule has 0 heterocycles. The highest BCUT2D eigenvalue weighted by atomic mass is 19.2. The minimum atomic E-state index is -0.941. The van der Waals surface area contributed by atoms with Crippen molar-refractivity contribution in [1.29, 1.82) is 0 Å². The maximum atomic E-state index is 14.5. The van der Waals surface area contributed by atoms with E-state index in [0.29, 0.717) is 18.1 Å². The first kappa shape index (κ1) is 24.2. The number of rotatable bonds is 9. The molecule has 0 saturated heterocycles. The molecule has 2 atom stereocenters. The highest BCUT2D eigenvalue weighted by molar-refractivity contribution is 5.71. The molecule has 3 aromatic carbocycles. The number of aryl methyl sites for hydroxylation is 1. The van der Waals surface area contributed by atoms with Gasteiger partial charge in [0.15, 0.2) is 11.6 Å². The smallest absolute Gasteiger partial charge is 0.201 e. The summed E-state index contributed by atoms with van der Waals surface area (Å²) in [5.74, 6) is -0.383. The fraction of sp³-hybridized carbons (Fsp3) is 0.355. The molecule has 0 radical (unpaired) electrons. The summed E-state index contributed by atoms with van der Waals surface area (Å²) >= 11 is 0. The molecular weight excluding hydrogens is 426 g/mol. The Morgan fingerprint density at radius 1 is 0.706 bits per heavy atom. The van der Waals surface area contributed by atoms with Crippen molar-refractivity contribution in [2.75, 3.05) is 6.61 Å². The Balaban J connectivity index is 1.38. The largest absolute Gasteiger partial charge is 0.491 e. The summed E-state index contributed by atoms with van der Waals surface area (Å²) in [5.41, 5.74) is 4.41. The molecule has 0 N–H and O–H groups in total. The van der Waals surface area contributed by atoms with Crippen LogP contribution in [0.2, 0.25) is 0 Å². The molecule has 0 aromatic heterocycles. The molecule has 178 valence electrons. The van der Waals surface area contributed by atoms with Crippen LogP contribution in [0.4, 0.5) is 8.78 Å². The fourth-order valence-corrected chi connectivity index (χ4v) is 4.87. The lowest BCUT2D eigenvalue weighted by atomic mass is 9.83. The van der Waals surface area contributed by atoms with E-state index in [2.05, 4.69) is 43.3 Å². The van der Waals surface area contributed by atoms with Crippen LogP contribution in [0, 0.1) is 23.5 Å². The van der Waals surface area contributed by atoms with Crippen molar-refractivity contribution in [3.05, 3.63) is 90.0 Å². The standard InChI is InChI=1S/C31H34F2O/c1-3-5-22-6-8-23(9-7-22)10-11-24-12-14-25(15-13-24)26-16-18-27(19-17-26)28-20-21-29(34-4-2)31(33)30(28)32/h6,8,12-23H,3-5,7,9-11H2,1-2H3. The van der Waals surface area contributed by atoms with E-state index in [1.807, 2.05) is 24.3 Å². The minimum Gasteiger partial charge on any atom is -0.491 e. The van der Waals surface area contributed by atoms with Gasteiger partial charge in [-0.2, -0.15) is 4.39 Å². The minimum absolute atomic E-state index is 0.0549. The molecule has 3 heteroatoms. The van der Waals surface area contributed by atoms with Gasteiger partial charge in [-0.15, -0.1) is 0 Å². The lowest BCUT2D eigenvalue weighted by Gasteiger charge is -2.22. The number of ether oxygens (including phenoxy) is 1. The summed E-state index contributed by atoms with van der Waals surface area (Å²) in [4.78, 5) is 0. The molecule has 1 aliphatic rings. The van der Waals surface area contributed by atoms with Crippen molar-refractivity contribution in [2.24, 2.45) is 11.8 Å². The number of allylic oxidation sites excluding steroid dienone is 2. The lowest BCUT2D eigenvalue weighted by Crippen LogP contribution is -2.09. The molecule has 1 aliphatic carbocycles. The van der Waals surface area contributed by atoms with Gasteiger partial charge >= 0.3 is 0 Å².